The van der Waals surface area contributed by atoms with E-state index in [1.54, 1.807) is 0 Å². The van der Waals surface area contributed by atoms with Crippen molar-refractivity contribution in [3.05, 3.63) is 46.8 Å². The molecular weight excluding hydrogens is 292 g/mol. The molecule has 0 saturated carbocycles. The van der Waals surface area contributed by atoms with Gasteiger partial charge >= 0.3 is 0 Å². The molecule has 0 bridgehead atoms. The highest BCUT2D eigenvalue weighted by molar-refractivity contribution is 5.28. The van der Waals surface area contributed by atoms with Crippen LogP contribution < -0.4 is 4.74 Å². The highest BCUT2D eigenvalue weighted by Crippen LogP contribution is 2.22. The van der Waals surface area contributed by atoms with Crippen molar-refractivity contribution in [2.45, 2.75) is 45.9 Å². The number of aryl methyl sites for hydroxylation is 2. The predicted molar refractivity (Wildman–Crippen MR) is 87.3 cm³/mol. The molecule has 3 rings (SSSR count). The Morgan fingerprint density at radius 3 is 2.74 bits per heavy atom. The molecule has 1 aromatic heterocycles. The Morgan fingerprint density at radius 2 is 2.09 bits per heavy atom. The van der Waals surface area contributed by atoms with Gasteiger partial charge in [-0.05, 0) is 50.9 Å². The third kappa shape index (κ3) is 3.74. The molecule has 0 amide bonds. The Kier molecular flexibility index (Phi) is 4.98. The molecule has 0 radical (unpaired) electrons. The van der Waals surface area contributed by atoms with E-state index in [-0.39, 0.29) is 6.61 Å². The molecule has 1 aromatic carbocycles. The van der Waals surface area contributed by atoms with Crippen molar-refractivity contribution in [1.82, 2.24) is 10.1 Å². The van der Waals surface area contributed by atoms with Crippen LogP contribution in [-0.2, 0) is 13.2 Å². The number of nitrogens with zero attached hydrogens (tertiary/aromatic N) is 2. The topological polar surface area (TPSA) is 58.7 Å². The summed E-state index contributed by atoms with van der Waals surface area (Å²) in [5.41, 5.74) is 3.13. The van der Waals surface area contributed by atoms with Crippen molar-refractivity contribution in [3.63, 3.8) is 0 Å². The number of likely N-dealkylation sites (tertiary alicyclic amines) is 1. The van der Waals surface area contributed by atoms with E-state index >= 15 is 0 Å². The first kappa shape index (κ1) is 16.0. The summed E-state index contributed by atoms with van der Waals surface area (Å²) in [7, 11) is 0. The van der Waals surface area contributed by atoms with Crippen molar-refractivity contribution < 1.29 is 14.4 Å². The number of aliphatic hydroxyl groups excluding tert-OH is 1. The van der Waals surface area contributed by atoms with Crippen LogP contribution in [0.1, 0.15) is 35.4 Å². The molecule has 124 valence electrons. The molecule has 1 aliphatic rings. The van der Waals surface area contributed by atoms with Crippen LogP contribution >= 0.6 is 0 Å². The van der Waals surface area contributed by atoms with E-state index in [1.165, 1.54) is 12.0 Å². The van der Waals surface area contributed by atoms with Crippen molar-refractivity contribution in [3.8, 4) is 5.75 Å². The second kappa shape index (κ2) is 7.15. The lowest BCUT2D eigenvalue weighted by Crippen LogP contribution is -2.31. The summed E-state index contributed by atoms with van der Waals surface area (Å²) in [5.74, 6) is 1.65. The molecule has 0 unspecified atom stereocenters. The number of benzene rings is 1. The first-order valence-electron chi connectivity index (χ1n) is 8.15. The fourth-order valence-corrected chi connectivity index (χ4v) is 3.10. The predicted octanol–water partition coefficient (Wildman–Crippen LogP) is 2.83. The lowest BCUT2D eigenvalue weighted by atomic mass is 10.2. The van der Waals surface area contributed by atoms with E-state index in [9.17, 15) is 5.11 Å². The first-order chi connectivity index (χ1) is 11.2. The standard InChI is InChI=1S/C18H24N2O3/c1-13-18(14(2)23-19-13)12-22-17-7-5-15(6-8-17)10-20-9-3-4-16(20)11-21/h5-8,16,21H,3-4,9-12H2,1-2H3/t16-/m0/s1. The maximum absolute atomic E-state index is 9.39. The summed E-state index contributed by atoms with van der Waals surface area (Å²) >= 11 is 0. The maximum Gasteiger partial charge on any atom is 0.140 e. The van der Waals surface area contributed by atoms with Crippen LogP contribution in [0.2, 0.25) is 0 Å². The summed E-state index contributed by atoms with van der Waals surface area (Å²) in [5, 5.41) is 13.3. The van der Waals surface area contributed by atoms with Gasteiger partial charge in [-0.1, -0.05) is 17.3 Å². The van der Waals surface area contributed by atoms with Gasteiger partial charge in [-0.3, -0.25) is 4.90 Å². The average Bonchev–Trinajstić information content (AvgIpc) is 3.14. The van der Waals surface area contributed by atoms with Gasteiger partial charge in [0.2, 0.25) is 0 Å². The van der Waals surface area contributed by atoms with Gasteiger partial charge in [-0.15, -0.1) is 0 Å². The third-order valence-electron chi connectivity index (χ3n) is 4.58. The molecule has 23 heavy (non-hydrogen) atoms. The van der Waals surface area contributed by atoms with Gasteiger partial charge in [-0.25, -0.2) is 0 Å². The number of hydrogen-bond acceptors (Lipinski definition) is 5. The van der Waals surface area contributed by atoms with Crippen LogP contribution in [0.5, 0.6) is 5.75 Å². The van der Waals surface area contributed by atoms with Crippen LogP contribution in [0.25, 0.3) is 0 Å². The van der Waals surface area contributed by atoms with Crippen LogP contribution in [0.4, 0.5) is 0 Å². The lowest BCUT2D eigenvalue weighted by molar-refractivity contribution is 0.153. The van der Waals surface area contributed by atoms with Gasteiger partial charge in [0.05, 0.1) is 17.9 Å². The molecule has 2 aromatic rings. The lowest BCUT2D eigenvalue weighted by Gasteiger charge is -2.22. The van der Waals surface area contributed by atoms with E-state index in [4.69, 9.17) is 9.26 Å². The van der Waals surface area contributed by atoms with Gasteiger partial charge in [0.1, 0.15) is 18.1 Å². The SMILES string of the molecule is Cc1noc(C)c1COc1ccc(CN2CCC[C@H]2CO)cc1. The molecule has 5 heteroatoms. The average molecular weight is 316 g/mol. The number of ether oxygens (including phenoxy) is 1. The van der Waals surface area contributed by atoms with Crippen molar-refractivity contribution in [2.24, 2.45) is 0 Å². The molecule has 1 fully saturated rings. The summed E-state index contributed by atoms with van der Waals surface area (Å²) in [6.07, 6.45) is 2.26. The van der Waals surface area contributed by atoms with Crippen molar-refractivity contribution in [2.75, 3.05) is 13.2 Å². The number of rotatable bonds is 6. The molecule has 5 nitrogen and oxygen atoms in total. The Balaban J connectivity index is 1.57. The molecule has 1 saturated heterocycles. The normalized spacial score (nSPS) is 18.5. The number of hydrogen-bond donors (Lipinski definition) is 1. The fourth-order valence-electron chi connectivity index (χ4n) is 3.10. The summed E-state index contributed by atoms with van der Waals surface area (Å²) in [6, 6.07) is 8.49. The van der Waals surface area contributed by atoms with E-state index in [0.29, 0.717) is 12.6 Å². The Hall–Kier alpha value is -1.85. The van der Waals surface area contributed by atoms with E-state index < -0.39 is 0 Å². The Morgan fingerprint density at radius 1 is 1.30 bits per heavy atom. The van der Waals surface area contributed by atoms with Crippen LogP contribution in [0.15, 0.2) is 28.8 Å². The number of aliphatic hydroxyl groups is 1. The summed E-state index contributed by atoms with van der Waals surface area (Å²) in [6.45, 7) is 6.49. The largest absolute Gasteiger partial charge is 0.489 e. The van der Waals surface area contributed by atoms with E-state index in [0.717, 1.165) is 42.3 Å². The second-order valence-corrected chi connectivity index (χ2v) is 6.18. The zero-order valence-electron chi connectivity index (χ0n) is 13.8. The van der Waals surface area contributed by atoms with Crippen molar-refractivity contribution in [1.29, 1.82) is 0 Å². The van der Waals surface area contributed by atoms with E-state index in [1.807, 2.05) is 26.0 Å². The van der Waals surface area contributed by atoms with Gasteiger partial charge in [0, 0.05) is 12.6 Å². The smallest absolute Gasteiger partial charge is 0.140 e. The monoisotopic (exact) mass is 316 g/mol. The molecule has 1 aliphatic heterocycles. The van der Waals surface area contributed by atoms with Crippen LogP contribution in [0.3, 0.4) is 0 Å². The minimum Gasteiger partial charge on any atom is -0.489 e. The first-order valence-corrected chi connectivity index (χ1v) is 8.15. The Labute approximate surface area is 136 Å². The maximum atomic E-state index is 9.39. The summed E-state index contributed by atoms with van der Waals surface area (Å²) < 4.78 is 11.0. The highest BCUT2D eigenvalue weighted by atomic mass is 16.5. The molecular formula is C18H24N2O3. The van der Waals surface area contributed by atoms with Gasteiger partial charge in [0.15, 0.2) is 0 Å². The van der Waals surface area contributed by atoms with Gasteiger partial charge < -0.3 is 14.4 Å². The minimum absolute atomic E-state index is 0.249. The zero-order valence-corrected chi connectivity index (χ0v) is 13.8. The zero-order chi connectivity index (χ0) is 16.2. The minimum atomic E-state index is 0.249. The quantitative estimate of drug-likeness (QED) is 0.888. The summed E-state index contributed by atoms with van der Waals surface area (Å²) in [4.78, 5) is 2.35. The third-order valence-corrected chi connectivity index (χ3v) is 4.58. The van der Waals surface area contributed by atoms with Crippen LogP contribution in [-0.4, -0.2) is 34.4 Å². The molecule has 1 atom stereocenters. The second-order valence-electron chi connectivity index (χ2n) is 6.18. The molecule has 0 aliphatic carbocycles. The molecule has 2 heterocycles. The number of aromatic nitrogens is 1. The fraction of sp³-hybridized carbons (Fsp3) is 0.500. The highest BCUT2D eigenvalue weighted by Gasteiger charge is 2.23. The Bertz CT molecular complexity index is 617. The molecule has 0 spiro atoms. The molecule has 1 N–H and O–H groups in total. The van der Waals surface area contributed by atoms with Crippen LogP contribution in [0, 0.1) is 13.8 Å². The van der Waals surface area contributed by atoms with Crippen molar-refractivity contribution >= 4 is 0 Å². The van der Waals surface area contributed by atoms with E-state index in [2.05, 4.69) is 22.2 Å². The van der Waals surface area contributed by atoms with Gasteiger partial charge in [0.25, 0.3) is 0 Å². The van der Waals surface area contributed by atoms with Gasteiger partial charge in [-0.2, -0.15) is 0 Å².